The largest absolute Gasteiger partial charge is 0.297 e. The first-order valence-electron chi connectivity index (χ1n) is 10.0. The van der Waals surface area contributed by atoms with Gasteiger partial charge in [0.2, 0.25) is 11.8 Å². The topological polar surface area (TPSA) is 43.9 Å². The van der Waals surface area contributed by atoms with E-state index in [-0.39, 0.29) is 17.9 Å². The van der Waals surface area contributed by atoms with Crippen LogP contribution in [-0.4, -0.2) is 58.7 Å². The lowest BCUT2D eigenvalue weighted by Crippen LogP contribution is -2.52. The zero-order chi connectivity index (χ0) is 19.5. The highest BCUT2D eigenvalue weighted by Gasteiger charge is 2.42. The molecule has 2 amide bonds. The number of rotatable bonds is 5. The number of amides is 2. The summed E-state index contributed by atoms with van der Waals surface area (Å²) in [6.07, 6.45) is 0.309. The quantitative estimate of drug-likeness (QED) is 0.751. The van der Waals surface area contributed by atoms with Gasteiger partial charge in [0.15, 0.2) is 0 Å². The number of hydrogen-bond donors (Lipinski definition) is 0. The fraction of sp³-hybridized carbons (Fsp3) is 0.391. The molecule has 2 aromatic carbocycles. The highest BCUT2D eigenvalue weighted by molar-refractivity contribution is 6.05. The second-order valence-corrected chi connectivity index (χ2v) is 7.82. The fourth-order valence-corrected chi connectivity index (χ4v) is 4.18. The maximum atomic E-state index is 12.9. The number of hydrogen-bond acceptors (Lipinski definition) is 4. The van der Waals surface area contributed by atoms with Crippen LogP contribution in [0.4, 0.5) is 0 Å². The first-order valence-corrected chi connectivity index (χ1v) is 10.0. The molecule has 2 aliphatic rings. The van der Waals surface area contributed by atoms with Crippen molar-refractivity contribution in [1.82, 2.24) is 14.7 Å². The molecule has 2 aromatic rings. The lowest BCUT2D eigenvalue weighted by atomic mass is 10.1. The molecular formula is C23H27N3O2. The molecule has 2 saturated heterocycles. The normalized spacial score (nSPS) is 21.5. The van der Waals surface area contributed by atoms with Crippen LogP contribution in [-0.2, 0) is 22.7 Å². The van der Waals surface area contributed by atoms with E-state index in [1.807, 2.05) is 30.3 Å². The van der Waals surface area contributed by atoms with E-state index in [4.69, 9.17) is 0 Å². The van der Waals surface area contributed by atoms with E-state index >= 15 is 0 Å². The monoisotopic (exact) mass is 377 g/mol. The predicted molar refractivity (Wildman–Crippen MR) is 108 cm³/mol. The fourth-order valence-electron chi connectivity index (χ4n) is 4.18. The average Bonchev–Trinajstić information content (AvgIpc) is 2.98. The van der Waals surface area contributed by atoms with Crippen molar-refractivity contribution in [3.63, 3.8) is 0 Å². The Hall–Kier alpha value is -2.50. The molecule has 1 atom stereocenters. The minimum absolute atomic E-state index is 0.0408. The van der Waals surface area contributed by atoms with Crippen LogP contribution >= 0.6 is 0 Å². The smallest absolute Gasteiger partial charge is 0.247 e. The molecule has 0 radical (unpaired) electrons. The number of carbonyl (C=O) groups is 2. The Morgan fingerprint density at radius 3 is 2.29 bits per heavy atom. The van der Waals surface area contributed by atoms with E-state index in [1.165, 1.54) is 16.0 Å². The molecule has 2 aliphatic heterocycles. The molecule has 0 N–H and O–H groups in total. The molecule has 4 rings (SSSR count). The number of piperazine rings is 1. The van der Waals surface area contributed by atoms with Crippen molar-refractivity contribution in [2.75, 3.05) is 26.2 Å². The highest BCUT2D eigenvalue weighted by atomic mass is 16.2. The third-order valence-electron chi connectivity index (χ3n) is 5.74. The van der Waals surface area contributed by atoms with Crippen LogP contribution in [0.3, 0.4) is 0 Å². The van der Waals surface area contributed by atoms with E-state index in [1.54, 1.807) is 0 Å². The van der Waals surface area contributed by atoms with Gasteiger partial charge in [-0.15, -0.1) is 0 Å². The Morgan fingerprint density at radius 2 is 1.57 bits per heavy atom. The molecule has 5 nitrogen and oxygen atoms in total. The summed E-state index contributed by atoms with van der Waals surface area (Å²) in [7, 11) is 0. The first kappa shape index (κ1) is 18.8. The van der Waals surface area contributed by atoms with Crippen molar-refractivity contribution >= 4 is 11.8 Å². The predicted octanol–water partition coefficient (Wildman–Crippen LogP) is 2.44. The molecule has 146 valence electrons. The summed E-state index contributed by atoms with van der Waals surface area (Å²) in [5.41, 5.74) is 3.60. The Bertz CT molecular complexity index is 844. The zero-order valence-electron chi connectivity index (χ0n) is 16.4. The minimum Gasteiger partial charge on any atom is -0.297 e. The van der Waals surface area contributed by atoms with Gasteiger partial charge >= 0.3 is 0 Å². The van der Waals surface area contributed by atoms with E-state index in [2.05, 4.69) is 41.0 Å². The summed E-state index contributed by atoms with van der Waals surface area (Å²) >= 11 is 0. The van der Waals surface area contributed by atoms with Crippen molar-refractivity contribution < 1.29 is 9.59 Å². The Balaban J connectivity index is 1.33. The van der Waals surface area contributed by atoms with Gasteiger partial charge in [-0.25, -0.2) is 0 Å². The van der Waals surface area contributed by atoms with Crippen LogP contribution in [0.25, 0.3) is 0 Å². The number of likely N-dealkylation sites (tertiary alicyclic amines) is 1. The summed E-state index contributed by atoms with van der Waals surface area (Å²) in [4.78, 5) is 31.4. The van der Waals surface area contributed by atoms with Crippen LogP contribution in [0.1, 0.15) is 23.1 Å². The van der Waals surface area contributed by atoms with Gasteiger partial charge in [-0.1, -0.05) is 60.2 Å². The van der Waals surface area contributed by atoms with Crippen molar-refractivity contribution in [3.05, 3.63) is 71.3 Å². The Kier molecular flexibility index (Phi) is 5.55. The lowest BCUT2D eigenvalue weighted by molar-refractivity contribution is -0.140. The second kappa shape index (κ2) is 8.25. The van der Waals surface area contributed by atoms with E-state index in [9.17, 15) is 9.59 Å². The van der Waals surface area contributed by atoms with Crippen LogP contribution in [0.2, 0.25) is 0 Å². The maximum absolute atomic E-state index is 12.9. The van der Waals surface area contributed by atoms with Crippen molar-refractivity contribution in [1.29, 1.82) is 0 Å². The van der Waals surface area contributed by atoms with Crippen LogP contribution in [0.5, 0.6) is 0 Å². The molecule has 0 saturated carbocycles. The molecule has 28 heavy (non-hydrogen) atoms. The molecular weight excluding hydrogens is 350 g/mol. The summed E-state index contributed by atoms with van der Waals surface area (Å²) < 4.78 is 0. The van der Waals surface area contributed by atoms with Gasteiger partial charge in [0.1, 0.15) is 0 Å². The van der Waals surface area contributed by atoms with Crippen molar-refractivity contribution in [2.24, 2.45) is 0 Å². The summed E-state index contributed by atoms with van der Waals surface area (Å²) in [5, 5.41) is 0. The molecule has 0 aromatic heterocycles. The number of carbonyl (C=O) groups excluding carboxylic acids is 2. The summed E-state index contributed by atoms with van der Waals surface area (Å²) in [6, 6.07) is 18.0. The highest BCUT2D eigenvalue weighted by Crippen LogP contribution is 2.22. The second-order valence-electron chi connectivity index (χ2n) is 7.82. The molecule has 0 bridgehead atoms. The maximum Gasteiger partial charge on any atom is 0.247 e. The summed E-state index contributed by atoms with van der Waals surface area (Å²) in [5.74, 6) is -0.0953. The Morgan fingerprint density at radius 1 is 0.857 bits per heavy atom. The van der Waals surface area contributed by atoms with Gasteiger partial charge in [-0.3, -0.25) is 24.3 Å². The van der Waals surface area contributed by atoms with Gasteiger partial charge in [0.05, 0.1) is 19.0 Å². The van der Waals surface area contributed by atoms with E-state index in [0.29, 0.717) is 13.0 Å². The molecule has 2 fully saturated rings. The standard InChI is InChI=1S/C23H27N3O2/c1-18-6-5-9-20(14-18)16-24-10-12-25(13-11-24)21-15-22(27)26(23(21)28)17-19-7-3-2-4-8-19/h2-9,14,21H,10-13,15-17H2,1H3/t21-/m1/s1. The number of benzene rings is 2. The van der Waals surface area contributed by atoms with Crippen LogP contribution in [0.15, 0.2) is 54.6 Å². The number of aryl methyl sites for hydroxylation is 1. The number of imide groups is 1. The van der Waals surface area contributed by atoms with Gasteiger partial charge in [-0.2, -0.15) is 0 Å². The number of nitrogens with zero attached hydrogens (tertiary/aromatic N) is 3. The molecule has 0 aliphatic carbocycles. The van der Waals surface area contributed by atoms with Crippen molar-refractivity contribution in [3.8, 4) is 0 Å². The van der Waals surface area contributed by atoms with Crippen LogP contribution < -0.4 is 0 Å². The Labute approximate surface area is 166 Å². The van der Waals surface area contributed by atoms with Gasteiger partial charge in [0, 0.05) is 32.7 Å². The van der Waals surface area contributed by atoms with E-state index in [0.717, 1.165) is 38.3 Å². The molecule has 5 heteroatoms. The average molecular weight is 377 g/mol. The zero-order valence-corrected chi connectivity index (χ0v) is 16.4. The summed E-state index contributed by atoms with van der Waals surface area (Å²) in [6.45, 7) is 6.93. The first-order chi connectivity index (χ1) is 13.6. The molecule has 2 heterocycles. The molecule has 0 unspecified atom stereocenters. The van der Waals surface area contributed by atoms with Crippen molar-refractivity contribution in [2.45, 2.75) is 32.5 Å². The van der Waals surface area contributed by atoms with Gasteiger partial charge < -0.3 is 0 Å². The SMILES string of the molecule is Cc1cccc(CN2CCN([C@@H]3CC(=O)N(Cc4ccccc4)C3=O)CC2)c1. The van der Waals surface area contributed by atoms with Gasteiger partial charge in [0.25, 0.3) is 0 Å². The van der Waals surface area contributed by atoms with E-state index < -0.39 is 0 Å². The third-order valence-corrected chi connectivity index (χ3v) is 5.74. The lowest BCUT2D eigenvalue weighted by Gasteiger charge is -2.37. The molecule has 0 spiro atoms. The van der Waals surface area contributed by atoms with Crippen LogP contribution in [0, 0.1) is 6.92 Å². The third kappa shape index (κ3) is 4.16. The van der Waals surface area contributed by atoms with Gasteiger partial charge in [-0.05, 0) is 18.1 Å². The minimum atomic E-state index is -0.294.